The minimum Gasteiger partial charge on any atom is -0.493 e. The number of nitrogens with zero attached hydrogens (tertiary/aromatic N) is 3. The summed E-state index contributed by atoms with van der Waals surface area (Å²) in [5, 5.41) is 6.97. The first-order valence-corrected chi connectivity index (χ1v) is 12.1. The Labute approximate surface area is 180 Å². The molecule has 0 amide bonds. The van der Waals surface area contributed by atoms with Gasteiger partial charge in [-0.25, -0.2) is 13.4 Å². The standard InChI is InChI=1S/C21H27N5O4S/c1-3-8-16-18-19(25-24-16)21(27)23-20(22-18)15-13-14(9-10-17(15)30-4-2)31(28,29)26-11-6-5-7-12-26/h9-10,13H,3-8,11-12H2,1-2H3,(H,24,25)(H,22,23,27). The molecule has 2 N–H and O–H groups in total. The number of hydrogen-bond donors (Lipinski definition) is 2. The number of aromatic amines is 2. The summed E-state index contributed by atoms with van der Waals surface area (Å²) in [5.74, 6) is 0.721. The SMILES string of the molecule is CCCc1[nH]nc2c(=O)[nH]c(-c3cc(S(=O)(=O)N4CCCCC4)ccc3OCC)nc12. The third-order valence-electron chi connectivity index (χ3n) is 5.44. The van der Waals surface area contributed by atoms with E-state index >= 15 is 0 Å². The monoisotopic (exact) mass is 445 g/mol. The second-order valence-electron chi connectivity index (χ2n) is 7.62. The van der Waals surface area contributed by atoms with Gasteiger partial charge in [0.25, 0.3) is 5.56 Å². The highest BCUT2D eigenvalue weighted by molar-refractivity contribution is 7.89. The Hall–Kier alpha value is -2.72. The van der Waals surface area contributed by atoms with Gasteiger partial charge in [0.1, 0.15) is 17.1 Å². The van der Waals surface area contributed by atoms with Gasteiger partial charge in [0.15, 0.2) is 5.52 Å². The molecule has 1 aromatic carbocycles. The molecule has 3 aromatic rings. The summed E-state index contributed by atoms with van der Waals surface area (Å²) < 4.78 is 33.6. The molecule has 9 nitrogen and oxygen atoms in total. The molecule has 1 saturated heterocycles. The number of hydrogen-bond acceptors (Lipinski definition) is 6. The molecule has 2 aromatic heterocycles. The number of H-pyrrole nitrogens is 2. The Kier molecular flexibility index (Phi) is 6.10. The summed E-state index contributed by atoms with van der Waals surface area (Å²) in [4.78, 5) is 20.2. The Morgan fingerprint density at radius 2 is 1.90 bits per heavy atom. The van der Waals surface area contributed by atoms with Gasteiger partial charge in [-0.3, -0.25) is 9.89 Å². The molecule has 10 heteroatoms. The number of aromatic nitrogens is 4. The number of piperidine rings is 1. The topological polar surface area (TPSA) is 121 Å². The maximum absolute atomic E-state index is 13.2. The number of sulfonamides is 1. The number of aryl methyl sites for hydroxylation is 1. The van der Waals surface area contributed by atoms with Crippen molar-refractivity contribution < 1.29 is 13.2 Å². The number of benzene rings is 1. The van der Waals surface area contributed by atoms with Gasteiger partial charge in [-0.2, -0.15) is 9.40 Å². The summed E-state index contributed by atoms with van der Waals surface area (Å²) in [5.41, 5.74) is 1.56. The fourth-order valence-electron chi connectivity index (χ4n) is 3.90. The van der Waals surface area contributed by atoms with Crippen LogP contribution in [0.3, 0.4) is 0 Å². The maximum atomic E-state index is 13.2. The van der Waals surface area contributed by atoms with Crippen molar-refractivity contribution >= 4 is 21.1 Å². The molecule has 1 fully saturated rings. The summed E-state index contributed by atoms with van der Waals surface area (Å²) in [6, 6.07) is 4.72. The van der Waals surface area contributed by atoms with Gasteiger partial charge >= 0.3 is 0 Å². The van der Waals surface area contributed by atoms with E-state index in [1.165, 1.54) is 4.31 Å². The molecule has 0 unspecified atom stereocenters. The van der Waals surface area contributed by atoms with E-state index in [1.54, 1.807) is 18.2 Å². The average molecular weight is 446 g/mol. The molecule has 3 heterocycles. The molecular weight excluding hydrogens is 418 g/mol. The highest BCUT2D eigenvalue weighted by Gasteiger charge is 2.27. The number of nitrogens with one attached hydrogen (secondary N) is 2. The van der Waals surface area contributed by atoms with E-state index in [9.17, 15) is 13.2 Å². The predicted molar refractivity (Wildman–Crippen MR) is 118 cm³/mol. The molecule has 0 aliphatic carbocycles. The van der Waals surface area contributed by atoms with Crippen molar-refractivity contribution in [1.82, 2.24) is 24.5 Å². The fourth-order valence-corrected chi connectivity index (χ4v) is 5.44. The van der Waals surface area contributed by atoms with Crippen LogP contribution in [0, 0.1) is 0 Å². The predicted octanol–water partition coefficient (Wildman–Crippen LogP) is 2.84. The van der Waals surface area contributed by atoms with Crippen molar-refractivity contribution in [2.75, 3.05) is 19.7 Å². The van der Waals surface area contributed by atoms with E-state index in [0.717, 1.165) is 31.4 Å². The second kappa shape index (κ2) is 8.80. The van der Waals surface area contributed by atoms with Crippen molar-refractivity contribution in [1.29, 1.82) is 0 Å². The molecule has 4 rings (SSSR count). The van der Waals surface area contributed by atoms with Gasteiger partial charge in [0.2, 0.25) is 10.0 Å². The first-order valence-electron chi connectivity index (χ1n) is 10.7. The zero-order valence-corrected chi connectivity index (χ0v) is 18.6. The molecule has 166 valence electrons. The molecule has 1 aliphatic rings. The molecule has 0 bridgehead atoms. The van der Waals surface area contributed by atoms with Crippen LogP contribution >= 0.6 is 0 Å². The third kappa shape index (κ3) is 4.09. The highest BCUT2D eigenvalue weighted by Crippen LogP contribution is 2.32. The quantitative estimate of drug-likeness (QED) is 0.577. The lowest BCUT2D eigenvalue weighted by Crippen LogP contribution is -2.35. The van der Waals surface area contributed by atoms with Crippen molar-refractivity contribution in [2.24, 2.45) is 0 Å². The summed E-state index contributed by atoms with van der Waals surface area (Å²) >= 11 is 0. The normalized spacial score (nSPS) is 15.4. The van der Waals surface area contributed by atoms with Crippen LogP contribution in [-0.2, 0) is 16.4 Å². The van der Waals surface area contributed by atoms with Crippen LogP contribution in [0.1, 0.15) is 45.2 Å². The second-order valence-corrected chi connectivity index (χ2v) is 9.56. The first kappa shape index (κ1) is 21.5. The molecule has 31 heavy (non-hydrogen) atoms. The molecule has 0 radical (unpaired) electrons. The first-order chi connectivity index (χ1) is 15.0. The number of rotatable bonds is 7. The van der Waals surface area contributed by atoms with E-state index in [2.05, 4.69) is 20.2 Å². The third-order valence-corrected chi connectivity index (χ3v) is 7.34. The lowest BCUT2D eigenvalue weighted by molar-refractivity contribution is 0.340. The smallest absolute Gasteiger partial charge is 0.279 e. The lowest BCUT2D eigenvalue weighted by Gasteiger charge is -2.26. The Morgan fingerprint density at radius 1 is 1.13 bits per heavy atom. The molecule has 0 spiro atoms. The van der Waals surface area contributed by atoms with E-state index in [0.29, 0.717) is 42.9 Å². The minimum absolute atomic E-state index is 0.163. The van der Waals surface area contributed by atoms with E-state index in [-0.39, 0.29) is 21.8 Å². The van der Waals surface area contributed by atoms with Gasteiger partial charge in [-0.15, -0.1) is 0 Å². The minimum atomic E-state index is -3.64. The van der Waals surface area contributed by atoms with Crippen LogP contribution in [0.4, 0.5) is 0 Å². The van der Waals surface area contributed by atoms with Crippen LogP contribution in [-0.4, -0.2) is 52.6 Å². The zero-order chi connectivity index (χ0) is 22.0. The molecule has 0 atom stereocenters. The van der Waals surface area contributed by atoms with Gasteiger partial charge in [0, 0.05) is 13.1 Å². The molecular formula is C21H27N5O4S. The summed E-state index contributed by atoms with van der Waals surface area (Å²) in [7, 11) is -3.64. The summed E-state index contributed by atoms with van der Waals surface area (Å²) in [6.07, 6.45) is 4.32. The van der Waals surface area contributed by atoms with Crippen molar-refractivity contribution in [3.05, 3.63) is 34.2 Å². The molecule has 0 saturated carbocycles. The fraction of sp³-hybridized carbons (Fsp3) is 0.476. The van der Waals surface area contributed by atoms with E-state index in [1.807, 2.05) is 13.8 Å². The van der Waals surface area contributed by atoms with Gasteiger partial charge in [-0.1, -0.05) is 19.8 Å². The number of fused-ring (bicyclic) bond motifs is 1. The van der Waals surface area contributed by atoms with E-state index in [4.69, 9.17) is 4.74 Å². The van der Waals surface area contributed by atoms with Crippen molar-refractivity contribution in [3.63, 3.8) is 0 Å². The van der Waals surface area contributed by atoms with Crippen LogP contribution in [0.2, 0.25) is 0 Å². The van der Waals surface area contributed by atoms with Crippen molar-refractivity contribution in [2.45, 2.75) is 50.8 Å². The van der Waals surface area contributed by atoms with Crippen LogP contribution in [0.15, 0.2) is 27.9 Å². The van der Waals surface area contributed by atoms with Crippen LogP contribution < -0.4 is 10.3 Å². The maximum Gasteiger partial charge on any atom is 0.279 e. The Balaban J connectivity index is 1.86. The number of ether oxygens (including phenoxy) is 1. The Bertz CT molecular complexity index is 1240. The molecule has 1 aliphatic heterocycles. The van der Waals surface area contributed by atoms with Crippen LogP contribution in [0.25, 0.3) is 22.4 Å². The van der Waals surface area contributed by atoms with E-state index < -0.39 is 10.0 Å². The van der Waals surface area contributed by atoms with Crippen molar-refractivity contribution in [3.8, 4) is 17.1 Å². The Morgan fingerprint density at radius 3 is 2.61 bits per heavy atom. The van der Waals surface area contributed by atoms with Gasteiger partial charge in [-0.05, 0) is 44.4 Å². The van der Waals surface area contributed by atoms with Gasteiger partial charge in [0.05, 0.1) is 22.8 Å². The lowest BCUT2D eigenvalue weighted by atomic mass is 10.1. The van der Waals surface area contributed by atoms with Crippen LogP contribution in [0.5, 0.6) is 5.75 Å². The zero-order valence-electron chi connectivity index (χ0n) is 17.8. The summed E-state index contributed by atoms with van der Waals surface area (Å²) in [6.45, 7) is 5.30. The van der Waals surface area contributed by atoms with Gasteiger partial charge < -0.3 is 9.72 Å². The highest BCUT2D eigenvalue weighted by atomic mass is 32.2. The average Bonchev–Trinajstić information content (AvgIpc) is 3.18. The largest absolute Gasteiger partial charge is 0.493 e.